The number of aromatic amines is 1. The number of benzene rings is 1. The van der Waals surface area contributed by atoms with Gasteiger partial charge >= 0.3 is 0 Å². The molecule has 7 nitrogen and oxygen atoms in total. The predicted octanol–water partition coefficient (Wildman–Crippen LogP) is 5.32. The van der Waals surface area contributed by atoms with Crippen LogP contribution in [-0.2, 0) is 4.79 Å². The van der Waals surface area contributed by atoms with E-state index >= 15 is 0 Å². The first-order chi connectivity index (χ1) is 17.2. The Hall–Kier alpha value is -3.19. The van der Waals surface area contributed by atoms with Crippen molar-refractivity contribution in [2.45, 2.75) is 71.3 Å². The summed E-state index contributed by atoms with van der Waals surface area (Å²) in [5, 5.41) is 13.2. The van der Waals surface area contributed by atoms with E-state index in [4.69, 9.17) is 0 Å². The topological polar surface area (TPSA) is 78.3 Å². The van der Waals surface area contributed by atoms with E-state index in [2.05, 4.69) is 72.6 Å². The molecule has 0 unspecified atom stereocenters. The van der Waals surface area contributed by atoms with Crippen LogP contribution in [0.5, 0.6) is 0 Å². The summed E-state index contributed by atoms with van der Waals surface area (Å²) in [5.41, 5.74) is 9.72. The predicted molar refractivity (Wildman–Crippen MR) is 146 cm³/mol. The van der Waals surface area contributed by atoms with Gasteiger partial charge in [-0.25, -0.2) is 0 Å². The molecule has 7 heteroatoms. The Morgan fingerprint density at radius 3 is 2.61 bits per heavy atom. The zero-order valence-electron chi connectivity index (χ0n) is 22.4. The number of hydrogen-bond donors (Lipinski definition) is 2. The summed E-state index contributed by atoms with van der Waals surface area (Å²) in [6, 6.07) is 7.43. The third kappa shape index (κ3) is 4.41. The molecule has 190 valence electrons. The van der Waals surface area contributed by atoms with E-state index in [1.807, 2.05) is 18.5 Å². The fourth-order valence-corrected chi connectivity index (χ4v) is 5.78. The summed E-state index contributed by atoms with van der Waals surface area (Å²) in [4.78, 5) is 17.3. The largest absolute Gasteiger partial charge is 0.354 e. The van der Waals surface area contributed by atoms with Gasteiger partial charge in [-0.15, -0.1) is 10.2 Å². The molecule has 36 heavy (non-hydrogen) atoms. The number of hydrogen-bond acceptors (Lipinski definition) is 4. The van der Waals surface area contributed by atoms with Crippen LogP contribution in [0.4, 0.5) is 0 Å². The van der Waals surface area contributed by atoms with Crippen molar-refractivity contribution in [3.8, 4) is 11.3 Å². The summed E-state index contributed by atoms with van der Waals surface area (Å²) < 4.78 is 2.03. The molecule has 4 aromatic rings. The molecule has 0 spiro atoms. The second-order valence-electron chi connectivity index (χ2n) is 10.9. The van der Waals surface area contributed by atoms with E-state index < -0.39 is 0 Å². The van der Waals surface area contributed by atoms with Crippen molar-refractivity contribution in [1.82, 2.24) is 29.8 Å². The van der Waals surface area contributed by atoms with Gasteiger partial charge in [-0.3, -0.25) is 9.20 Å². The quantitative estimate of drug-likeness (QED) is 0.387. The molecule has 1 saturated carbocycles. The first-order valence-corrected chi connectivity index (χ1v) is 13.1. The van der Waals surface area contributed by atoms with Crippen molar-refractivity contribution in [1.29, 1.82) is 0 Å². The van der Waals surface area contributed by atoms with E-state index in [9.17, 15) is 4.79 Å². The molecule has 3 heterocycles. The second-order valence-corrected chi connectivity index (χ2v) is 10.9. The molecule has 1 amide bonds. The van der Waals surface area contributed by atoms with E-state index in [1.165, 1.54) is 38.9 Å². The normalized spacial score (nSPS) is 18.4. The lowest BCUT2D eigenvalue weighted by atomic mass is 9.81. The fraction of sp³-hybridized carbons (Fsp3) is 0.483. The van der Waals surface area contributed by atoms with Crippen molar-refractivity contribution in [2.75, 3.05) is 20.6 Å². The summed E-state index contributed by atoms with van der Waals surface area (Å²) in [5.74, 6) is 1.09. The lowest BCUT2D eigenvalue weighted by molar-refractivity contribution is -0.127. The lowest BCUT2D eigenvalue weighted by Crippen LogP contribution is -2.40. The van der Waals surface area contributed by atoms with Crippen LogP contribution in [0.1, 0.15) is 73.6 Å². The number of aromatic nitrogens is 4. The lowest BCUT2D eigenvalue weighted by Gasteiger charge is -2.29. The van der Waals surface area contributed by atoms with E-state index in [0.29, 0.717) is 24.4 Å². The smallest absolute Gasteiger partial charge is 0.236 e. The maximum absolute atomic E-state index is 11.9. The molecule has 0 saturated heterocycles. The number of H-pyrrole nitrogens is 1. The Labute approximate surface area is 213 Å². The monoisotopic (exact) mass is 486 g/mol. The van der Waals surface area contributed by atoms with E-state index in [-0.39, 0.29) is 5.91 Å². The molecule has 1 aliphatic carbocycles. The van der Waals surface area contributed by atoms with Crippen LogP contribution in [0.15, 0.2) is 30.7 Å². The highest BCUT2D eigenvalue weighted by molar-refractivity contribution is 5.92. The Morgan fingerprint density at radius 1 is 1.17 bits per heavy atom. The number of nitrogens with one attached hydrogen (secondary N) is 2. The number of likely N-dealkylation sites (N-methyl/N-ethyl adjacent to an activating group) is 1. The minimum absolute atomic E-state index is 0.140. The van der Waals surface area contributed by atoms with Crippen LogP contribution in [-0.4, -0.2) is 57.1 Å². The van der Waals surface area contributed by atoms with Crippen LogP contribution < -0.4 is 5.32 Å². The number of carbonyl (C=O) groups excluding carboxylic acids is 1. The second kappa shape index (κ2) is 9.69. The summed E-state index contributed by atoms with van der Waals surface area (Å²) >= 11 is 0. The van der Waals surface area contributed by atoms with Crippen molar-refractivity contribution in [3.63, 3.8) is 0 Å². The summed E-state index contributed by atoms with van der Waals surface area (Å²) in [6.45, 7) is 9.30. The van der Waals surface area contributed by atoms with Gasteiger partial charge < -0.3 is 15.2 Å². The molecule has 0 radical (unpaired) electrons. The van der Waals surface area contributed by atoms with Gasteiger partial charge in [0.05, 0.1) is 12.2 Å². The average Bonchev–Trinajstić information content (AvgIpc) is 3.49. The minimum atomic E-state index is 0.140. The zero-order valence-corrected chi connectivity index (χ0v) is 22.4. The Bertz CT molecular complexity index is 1400. The Kier molecular flexibility index (Phi) is 6.60. The maximum atomic E-state index is 11.9. The molecule has 0 atom stereocenters. The van der Waals surface area contributed by atoms with E-state index in [0.717, 1.165) is 36.9 Å². The molecule has 1 aromatic carbocycles. The van der Waals surface area contributed by atoms with Crippen LogP contribution in [0.2, 0.25) is 0 Å². The maximum Gasteiger partial charge on any atom is 0.236 e. The van der Waals surface area contributed by atoms with Crippen molar-refractivity contribution in [2.24, 2.45) is 0 Å². The Balaban J connectivity index is 1.43. The van der Waals surface area contributed by atoms with Crippen LogP contribution in [0, 0.1) is 13.8 Å². The Morgan fingerprint density at radius 2 is 1.92 bits per heavy atom. The van der Waals surface area contributed by atoms with Crippen molar-refractivity contribution < 1.29 is 4.79 Å². The number of pyridine rings is 1. The summed E-state index contributed by atoms with van der Waals surface area (Å²) in [7, 11) is 3.62. The van der Waals surface area contributed by atoms with E-state index in [1.54, 1.807) is 11.2 Å². The molecular formula is C29H38N6O. The standard InChI is InChI=1S/C29H38N6O/c1-17(2)27-23-13-21(20-7-10-22(11-8-20)30-14-26(36)34(5)6)9-12-25(23)32-28(27)24-15-35-16-31-33-29(35)19(4)18(24)3/h9,12-13,15-17,20,22,30,32H,7-8,10-11,14H2,1-6H3. The van der Waals surface area contributed by atoms with Gasteiger partial charge in [-0.05, 0) is 85.8 Å². The van der Waals surface area contributed by atoms with Crippen LogP contribution in [0.25, 0.3) is 27.8 Å². The summed E-state index contributed by atoms with van der Waals surface area (Å²) in [6.07, 6.45) is 8.45. The number of nitrogens with zero attached hydrogens (tertiary/aromatic N) is 4. The molecule has 5 rings (SSSR count). The van der Waals surface area contributed by atoms with Gasteiger partial charge in [0.1, 0.15) is 6.33 Å². The average molecular weight is 487 g/mol. The van der Waals surface area contributed by atoms with Gasteiger partial charge in [0.25, 0.3) is 0 Å². The molecule has 0 bridgehead atoms. The SMILES string of the molecule is Cc1c(-c2[nH]c3ccc(C4CCC(NCC(=O)N(C)C)CC4)cc3c2C(C)C)cn2cnnc2c1C. The molecule has 1 fully saturated rings. The number of fused-ring (bicyclic) bond motifs is 2. The number of amides is 1. The number of carbonyl (C=O) groups is 1. The van der Waals surface area contributed by atoms with Crippen molar-refractivity contribution in [3.05, 3.63) is 53.0 Å². The third-order valence-electron chi connectivity index (χ3n) is 8.09. The van der Waals surface area contributed by atoms with Crippen molar-refractivity contribution >= 4 is 22.5 Å². The fourth-order valence-electron chi connectivity index (χ4n) is 5.78. The molecule has 1 aliphatic rings. The zero-order chi connectivity index (χ0) is 25.6. The van der Waals surface area contributed by atoms with Gasteiger partial charge in [-0.1, -0.05) is 19.9 Å². The first-order valence-electron chi connectivity index (χ1n) is 13.1. The van der Waals surface area contributed by atoms with Crippen LogP contribution in [0.3, 0.4) is 0 Å². The molecule has 0 aliphatic heterocycles. The van der Waals surface area contributed by atoms with Gasteiger partial charge in [0.15, 0.2) is 5.65 Å². The number of aryl methyl sites for hydroxylation is 1. The highest BCUT2D eigenvalue weighted by atomic mass is 16.2. The highest BCUT2D eigenvalue weighted by Crippen LogP contribution is 2.40. The molecular weight excluding hydrogens is 448 g/mol. The number of rotatable bonds is 6. The van der Waals surface area contributed by atoms with Gasteiger partial charge in [0.2, 0.25) is 5.91 Å². The van der Waals surface area contributed by atoms with Gasteiger partial charge in [0, 0.05) is 42.8 Å². The first kappa shape index (κ1) is 24.5. The van der Waals surface area contributed by atoms with Gasteiger partial charge in [-0.2, -0.15) is 0 Å². The molecule has 3 aromatic heterocycles. The highest BCUT2D eigenvalue weighted by Gasteiger charge is 2.25. The van der Waals surface area contributed by atoms with Crippen LogP contribution >= 0.6 is 0 Å². The minimum Gasteiger partial charge on any atom is -0.354 e. The third-order valence-corrected chi connectivity index (χ3v) is 8.09. The molecule has 2 N–H and O–H groups in total.